The van der Waals surface area contributed by atoms with E-state index in [2.05, 4.69) is 20.7 Å². The highest BCUT2D eigenvalue weighted by molar-refractivity contribution is 9.10. The summed E-state index contributed by atoms with van der Waals surface area (Å²) in [5.74, 6) is -0.256. The third-order valence-corrected chi connectivity index (χ3v) is 3.85. The molecule has 17 heavy (non-hydrogen) atoms. The first kappa shape index (κ1) is 12.3. The Morgan fingerprint density at radius 2 is 2.24 bits per heavy atom. The van der Waals surface area contributed by atoms with E-state index in [0.717, 1.165) is 30.4 Å². The van der Waals surface area contributed by atoms with E-state index in [1.165, 1.54) is 7.11 Å². The second kappa shape index (κ2) is 5.00. The molecule has 0 radical (unpaired) electrons. The molecule has 0 bridgehead atoms. The predicted molar refractivity (Wildman–Crippen MR) is 67.8 cm³/mol. The van der Waals surface area contributed by atoms with E-state index in [0.29, 0.717) is 5.56 Å². The van der Waals surface area contributed by atoms with Gasteiger partial charge in [-0.25, -0.2) is 4.79 Å². The smallest absolute Gasteiger partial charge is 0.337 e. The van der Waals surface area contributed by atoms with E-state index in [1.807, 2.05) is 0 Å². The maximum Gasteiger partial charge on any atom is 0.337 e. The van der Waals surface area contributed by atoms with Crippen molar-refractivity contribution >= 4 is 27.7 Å². The number of ketones is 1. The van der Waals surface area contributed by atoms with Gasteiger partial charge in [-0.15, -0.1) is 0 Å². The molecule has 2 rings (SSSR count). The molecule has 90 valence electrons. The van der Waals surface area contributed by atoms with Crippen molar-refractivity contribution in [3.8, 4) is 0 Å². The molecular formula is C13H13BrO3. The Balaban J connectivity index is 2.42. The molecule has 0 spiro atoms. The molecule has 0 fully saturated rings. The van der Waals surface area contributed by atoms with Crippen LogP contribution in [0.15, 0.2) is 18.2 Å². The number of fused-ring (bicyclic) bond motifs is 1. The number of benzene rings is 1. The summed E-state index contributed by atoms with van der Waals surface area (Å²) in [5, 5.41) is 0. The van der Waals surface area contributed by atoms with Crippen molar-refractivity contribution in [1.82, 2.24) is 0 Å². The zero-order chi connectivity index (χ0) is 12.4. The zero-order valence-corrected chi connectivity index (χ0v) is 11.1. The molecule has 0 amide bonds. The Morgan fingerprint density at radius 1 is 1.47 bits per heavy atom. The Morgan fingerprint density at radius 3 is 2.94 bits per heavy atom. The summed E-state index contributed by atoms with van der Waals surface area (Å²) < 4.78 is 4.67. The molecule has 0 aromatic heterocycles. The van der Waals surface area contributed by atoms with E-state index in [4.69, 9.17) is 0 Å². The Labute approximate surface area is 108 Å². The topological polar surface area (TPSA) is 43.4 Å². The number of rotatable bonds is 1. The Hall–Kier alpha value is -1.16. The Bertz CT molecular complexity index is 468. The number of alkyl halides is 1. The molecule has 0 saturated carbocycles. The van der Waals surface area contributed by atoms with Gasteiger partial charge in [0.05, 0.1) is 17.5 Å². The SMILES string of the molecule is COC(=O)c1ccc2c(c1)CCCC(Br)C2=O. The normalized spacial score (nSPS) is 19.4. The average Bonchev–Trinajstić information content (AvgIpc) is 2.49. The van der Waals surface area contributed by atoms with Crippen molar-refractivity contribution in [2.75, 3.05) is 7.11 Å². The van der Waals surface area contributed by atoms with Gasteiger partial charge in [0.1, 0.15) is 0 Å². The van der Waals surface area contributed by atoms with Crippen LogP contribution in [-0.4, -0.2) is 23.7 Å². The molecule has 1 aliphatic carbocycles. The van der Waals surface area contributed by atoms with E-state index in [9.17, 15) is 9.59 Å². The van der Waals surface area contributed by atoms with Crippen LogP contribution in [0.2, 0.25) is 0 Å². The standard InChI is InChI=1S/C13H13BrO3/c1-17-13(16)9-5-6-10-8(7-9)3-2-4-11(14)12(10)15/h5-7,11H,2-4H2,1H3. The molecule has 3 nitrogen and oxygen atoms in total. The number of halogens is 1. The van der Waals surface area contributed by atoms with Gasteiger partial charge < -0.3 is 4.74 Å². The maximum atomic E-state index is 12.0. The van der Waals surface area contributed by atoms with Crippen molar-refractivity contribution in [3.05, 3.63) is 34.9 Å². The highest BCUT2D eigenvalue weighted by Gasteiger charge is 2.23. The Kier molecular flexibility index (Phi) is 3.62. The minimum absolute atomic E-state index is 0.104. The van der Waals surface area contributed by atoms with E-state index in [1.54, 1.807) is 18.2 Å². The third-order valence-electron chi connectivity index (χ3n) is 2.98. The lowest BCUT2D eigenvalue weighted by Crippen LogP contribution is -2.13. The average molecular weight is 297 g/mol. The van der Waals surface area contributed by atoms with Gasteiger partial charge in [-0.3, -0.25) is 4.79 Å². The van der Waals surface area contributed by atoms with Crippen LogP contribution in [0, 0.1) is 0 Å². The molecule has 1 aliphatic rings. The molecule has 4 heteroatoms. The number of hydrogen-bond acceptors (Lipinski definition) is 3. The minimum Gasteiger partial charge on any atom is -0.465 e. The number of carbonyl (C=O) groups is 2. The lowest BCUT2D eigenvalue weighted by atomic mass is 9.99. The lowest BCUT2D eigenvalue weighted by molar-refractivity contribution is 0.0600. The number of carbonyl (C=O) groups excluding carboxylic acids is 2. The number of aryl methyl sites for hydroxylation is 1. The molecule has 1 unspecified atom stereocenters. The van der Waals surface area contributed by atoms with Gasteiger partial charge in [-0.2, -0.15) is 0 Å². The molecule has 0 heterocycles. The van der Waals surface area contributed by atoms with Crippen molar-refractivity contribution in [2.45, 2.75) is 24.1 Å². The zero-order valence-electron chi connectivity index (χ0n) is 9.53. The number of esters is 1. The molecule has 1 atom stereocenters. The van der Waals surface area contributed by atoms with Crippen LogP contribution in [-0.2, 0) is 11.2 Å². The van der Waals surface area contributed by atoms with E-state index < -0.39 is 0 Å². The molecule has 1 aromatic carbocycles. The summed E-state index contributed by atoms with van der Waals surface area (Å²) in [7, 11) is 1.35. The van der Waals surface area contributed by atoms with Crippen LogP contribution in [0.25, 0.3) is 0 Å². The van der Waals surface area contributed by atoms with E-state index in [-0.39, 0.29) is 16.6 Å². The second-order valence-electron chi connectivity index (χ2n) is 4.09. The highest BCUT2D eigenvalue weighted by atomic mass is 79.9. The molecule has 0 N–H and O–H groups in total. The van der Waals surface area contributed by atoms with Gasteiger partial charge in [0.2, 0.25) is 0 Å². The second-order valence-corrected chi connectivity index (χ2v) is 5.19. The summed E-state index contributed by atoms with van der Waals surface area (Å²) in [6, 6.07) is 5.14. The number of ether oxygens (including phenoxy) is 1. The van der Waals surface area contributed by atoms with Crippen LogP contribution < -0.4 is 0 Å². The van der Waals surface area contributed by atoms with Crippen LogP contribution in [0.3, 0.4) is 0 Å². The third kappa shape index (κ3) is 2.41. The molecular weight excluding hydrogens is 284 g/mol. The van der Waals surface area contributed by atoms with Gasteiger partial charge in [0, 0.05) is 5.56 Å². The fraction of sp³-hybridized carbons (Fsp3) is 0.385. The van der Waals surface area contributed by atoms with Gasteiger partial charge >= 0.3 is 5.97 Å². The van der Waals surface area contributed by atoms with Crippen molar-refractivity contribution < 1.29 is 14.3 Å². The van der Waals surface area contributed by atoms with Gasteiger partial charge in [-0.05, 0) is 37.0 Å². The molecule has 1 aromatic rings. The monoisotopic (exact) mass is 296 g/mol. The number of Topliss-reactive ketones (excluding diaryl/α,β-unsaturated/α-hetero) is 1. The number of hydrogen-bond donors (Lipinski definition) is 0. The maximum absolute atomic E-state index is 12.0. The summed E-state index contributed by atoms with van der Waals surface area (Å²) in [6.07, 6.45) is 2.61. The number of methoxy groups -OCH3 is 1. The summed E-state index contributed by atoms with van der Waals surface area (Å²) in [4.78, 5) is 23.3. The first-order chi connectivity index (χ1) is 8.13. The first-order valence-corrected chi connectivity index (χ1v) is 6.44. The van der Waals surface area contributed by atoms with Crippen molar-refractivity contribution in [3.63, 3.8) is 0 Å². The fourth-order valence-corrected chi connectivity index (χ4v) is 2.63. The summed E-state index contributed by atoms with van der Waals surface area (Å²) in [6.45, 7) is 0. The van der Waals surface area contributed by atoms with Crippen LogP contribution in [0.4, 0.5) is 0 Å². The largest absolute Gasteiger partial charge is 0.465 e. The first-order valence-electron chi connectivity index (χ1n) is 5.53. The minimum atomic E-state index is -0.361. The lowest BCUT2D eigenvalue weighted by Gasteiger charge is -2.08. The van der Waals surface area contributed by atoms with Gasteiger partial charge in [-0.1, -0.05) is 22.0 Å². The molecule has 0 saturated heterocycles. The summed E-state index contributed by atoms with van der Waals surface area (Å²) in [5.41, 5.74) is 2.17. The van der Waals surface area contributed by atoms with Gasteiger partial charge in [0.15, 0.2) is 5.78 Å². The predicted octanol–water partition coefficient (Wildman–Crippen LogP) is 2.76. The van der Waals surface area contributed by atoms with Crippen molar-refractivity contribution in [2.24, 2.45) is 0 Å². The van der Waals surface area contributed by atoms with Crippen molar-refractivity contribution in [1.29, 1.82) is 0 Å². The highest BCUT2D eigenvalue weighted by Crippen LogP contribution is 2.25. The van der Waals surface area contributed by atoms with Crippen LogP contribution in [0.5, 0.6) is 0 Å². The van der Waals surface area contributed by atoms with E-state index >= 15 is 0 Å². The molecule has 0 aliphatic heterocycles. The van der Waals surface area contributed by atoms with Gasteiger partial charge in [0.25, 0.3) is 0 Å². The quantitative estimate of drug-likeness (QED) is 0.455. The summed E-state index contributed by atoms with van der Waals surface area (Å²) >= 11 is 3.39. The fourth-order valence-electron chi connectivity index (χ4n) is 2.06. The van der Waals surface area contributed by atoms with Crippen LogP contribution >= 0.6 is 15.9 Å². The van der Waals surface area contributed by atoms with Crippen LogP contribution in [0.1, 0.15) is 39.1 Å².